The van der Waals surface area contributed by atoms with Crippen molar-refractivity contribution in [1.29, 1.82) is 0 Å². The van der Waals surface area contributed by atoms with Crippen LogP contribution in [0, 0.1) is 0 Å². The summed E-state index contributed by atoms with van der Waals surface area (Å²) in [4.78, 5) is 12.2. The molecule has 3 unspecified atom stereocenters. The smallest absolute Gasteiger partial charge is 0.258 e. The minimum absolute atomic E-state index is 0.137. The topological polar surface area (TPSA) is 113 Å². The summed E-state index contributed by atoms with van der Waals surface area (Å²) in [5, 5.41) is 14.4. The lowest BCUT2D eigenvalue weighted by molar-refractivity contribution is -0.133. The monoisotopic (exact) mass is 401 g/mol. The Morgan fingerprint density at radius 2 is 1.54 bits per heavy atom. The Morgan fingerprint density at radius 1 is 1.00 bits per heavy atom. The van der Waals surface area contributed by atoms with Gasteiger partial charge in [0.25, 0.3) is 5.91 Å². The number of benzene rings is 2. The molecule has 2 aromatic rings. The summed E-state index contributed by atoms with van der Waals surface area (Å²) in [7, 11) is -3.64. The van der Waals surface area contributed by atoms with E-state index in [0.29, 0.717) is 18.7 Å². The second kappa shape index (κ2) is 6.97. The number of carbonyl (C=O) groups is 1. The quantitative estimate of drug-likeness (QED) is 0.677. The molecular formula is C20H23N3O4S. The van der Waals surface area contributed by atoms with Crippen molar-refractivity contribution in [2.24, 2.45) is 5.73 Å². The van der Waals surface area contributed by atoms with Gasteiger partial charge in [-0.3, -0.25) is 4.79 Å². The normalized spacial score (nSPS) is 24.6. The van der Waals surface area contributed by atoms with Gasteiger partial charge in [0, 0.05) is 25.2 Å². The van der Waals surface area contributed by atoms with Crippen LogP contribution in [-0.2, 0) is 20.4 Å². The third kappa shape index (κ3) is 3.12. The molecule has 4 rings (SSSR count). The highest BCUT2D eigenvalue weighted by atomic mass is 32.2. The molecule has 1 amide bonds. The van der Waals surface area contributed by atoms with Crippen molar-refractivity contribution in [1.82, 2.24) is 9.62 Å². The number of rotatable bonds is 5. The molecule has 4 N–H and O–H groups in total. The van der Waals surface area contributed by atoms with E-state index < -0.39 is 21.5 Å². The van der Waals surface area contributed by atoms with Crippen molar-refractivity contribution in [2.75, 3.05) is 13.1 Å². The number of primary amides is 1. The molecule has 0 aliphatic carbocycles. The fourth-order valence-corrected chi connectivity index (χ4v) is 5.63. The number of sulfonamides is 1. The maximum absolute atomic E-state index is 13.0. The van der Waals surface area contributed by atoms with Crippen molar-refractivity contribution in [3.8, 4) is 0 Å². The Labute approximate surface area is 164 Å². The summed E-state index contributed by atoms with van der Waals surface area (Å²) in [6, 6.07) is 14.5. The van der Waals surface area contributed by atoms with Crippen LogP contribution < -0.4 is 11.1 Å². The molecule has 2 bridgehead atoms. The van der Waals surface area contributed by atoms with E-state index in [4.69, 9.17) is 5.73 Å². The number of aliphatic hydroxyl groups is 1. The van der Waals surface area contributed by atoms with E-state index in [1.807, 2.05) is 0 Å². The van der Waals surface area contributed by atoms with E-state index >= 15 is 0 Å². The van der Waals surface area contributed by atoms with Crippen LogP contribution >= 0.6 is 0 Å². The molecule has 0 spiro atoms. The van der Waals surface area contributed by atoms with Gasteiger partial charge in [-0.05, 0) is 36.1 Å². The Kier molecular flexibility index (Phi) is 4.75. The van der Waals surface area contributed by atoms with Crippen molar-refractivity contribution in [2.45, 2.75) is 35.4 Å². The first-order chi connectivity index (χ1) is 13.3. The van der Waals surface area contributed by atoms with Crippen LogP contribution in [0.1, 0.15) is 24.0 Å². The zero-order valence-electron chi connectivity index (χ0n) is 15.3. The third-order valence-corrected chi connectivity index (χ3v) is 7.49. The predicted octanol–water partition coefficient (Wildman–Crippen LogP) is 0.533. The van der Waals surface area contributed by atoms with Crippen molar-refractivity contribution < 1.29 is 18.3 Å². The minimum Gasteiger partial charge on any atom is -0.372 e. The summed E-state index contributed by atoms with van der Waals surface area (Å²) >= 11 is 0. The average molecular weight is 401 g/mol. The van der Waals surface area contributed by atoms with Crippen LogP contribution in [0.15, 0.2) is 59.5 Å². The molecule has 8 heteroatoms. The Balaban J connectivity index is 1.65. The zero-order valence-corrected chi connectivity index (χ0v) is 16.1. The van der Waals surface area contributed by atoms with Gasteiger partial charge in [-0.1, -0.05) is 42.5 Å². The molecular weight excluding hydrogens is 378 g/mol. The molecule has 3 atom stereocenters. The Bertz CT molecular complexity index is 966. The second-order valence-electron chi connectivity index (χ2n) is 7.42. The molecule has 148 valence electrons. The van der Waals surface area contributed by atoms with Crippen LogP contribution in [0.25, 0.3) is 0 Å². The summed E-state index contributed by atoms with van der Waals surface area (Å²) in [5.74, 6) is -0.923. The molecule has 28 heavy (non-hydrogen) atoms. The van der Waals surface area contributed by atoms with Gasteiger partial charge < -0.3 is 16.2 Å². The molecule has 7 nitrogen and oxygen atoms in total. The summed E-state index contributed by atoms with van der Waals surface area (Å²) < 4.78 is 27.5. The van der Waals surface area contributed by atoms with Gasteiger partial charge in [0.1, 0.15) is 0 Å². The second-order valence-corrected chi connectivity index (χ2v) is 9.36. The maximum atomic E-state index is 13.0. The number of nitrogens with zero attached hydrogens (tertiary/aromatic N) is 1. The summed E-state index contributed by atoms with van der Waals surface area (Å²) in [6.07, 6.45) is 1.97. The van der Waals surface area contributed by atoms with Crippen LogP contribution in [0.4, 0.5) is 0 Å². The Morgan fingerprint density at radius 3 is 2.07 bits per heavy atom. The largest absolute Gasteiger partial charge is 0.372 e. The van der Waals surface area contributed by atoms with Crippen molar-refractivity contribution in [3.05, 3.63) is 65.7 Å². The van der Waals surface area contributed by atoms with E-state index in [2.05, 4.69) is 5.32 Å². The highest BCUT2D eigenvalue weighted by molar-refractivity contribution is 7.89. The van der Waals surface area contributed by atoms with Gasteiger partial charge in [0.15, 0.2) is 5.60 Å². The molecule has 0 radical (unpaired) electrons. The fraction of sp³-hybridized carbons (Fsp3) is 0.350. The van der Waals surface area contributed by atoms with Gasteiger partial charge in [-0.2, -0.15) is 4.31 Å². The minimum atomic E-state index is -3.64. The van der Waals surface area contributed by atoms with Gasteiger partial charge in [0.2, 0.25) is 10.0 Å². The third-order valence-electron chi connectivity index (χ3n) is 5.64. The van der Waals surface area contributed by atoms with E-state index in [-0.39, 0.29) is 22.5 Å². The Hall–Kier alpha value is -2.26. The zero-order chi connectivity index (χ0) is 19.9. The molecule has 2 aliphatic rings. The SMILES string of the molecule is NC(=O)C(O)(c1ccccc1)c1ccc(S(=O)(=O)N2CC3CCC(C2)N3)cc1. The van der Waals surface area contributed by atoms with Gasteiger partial charge >= 0.3 is 0 Å². The highest BCUT2D eigenvalue weighted by Crippen LogP contribution is 2.31. The number of carbonyl (C=O) groups excluding carboxylic acids is 1. The van der Waals surface area contributed by atoms with Crippen molar-refractivity contribution >= 4 is 15.9 Å². The van der Waals surface area contributed by atoms with E-state index in [1.165, 1.54) is 28.6 Å². The lowest BCUT2D eigenvalue weighted by Crippen LogP contribution is -2.52. The van der Waals surface area contributed by atoms with Crippen LogP contribution in [-0.4, -0.2) is 48.9 Å². The number of nitrogens with one attached hydrogen (secondary N) is 1. The molecule has 2 saturated heterocycles. The number of nitrogens with two attached hydrogens (primary N) is 1. The highest BCUT2D eigenvalue weighted by Gasteiger charge is 2.40. The first-order valence-corrected chi connectivity index (χ1v) is 10.7. The van der Waals surface area contributed by atoms with Crippen LogP contribution in [0.2, 0.25) is 0 Å². The van der Waals surface area contributed by atoms with Crippen molar-refractivity contribution in [3.63, 3.8) is 0 Å². The van der Waals surface area contributed by atoms with Gasteiger partial charge in [-0.15, -0.1) is 0 Å². The van der Waals surface area contributed by atoms with Gasteiger partial charge in [0.05, 0.1) is 4.90 Å². The summed E-state index contributed by atoms with van der Waals surface area (Å²) in [5.41, 5.74) is 4.02. The number of piperazine rings is 1. The predicted molar refractivity (Wildman–Crippen MR) is 104 cm³/mol. The van der Waals surface area contributed by atoms with Crippen LogP contribution in [0.3, 0.4) is 0 Å². The molecule has 2 aliphatic heterocycles. The fourth-order valence-electron chi connectivity index (χ4n) is 4.10. The first-order valence-electron chi connectivity index (χ1n) is 9.26. The lowest BCUT2D eigenvalue weighted by Gasteiger charge is -2.32. The molecule has 2 fully saturated rings. The molecule has 0 saturated carbocycles. The lowest BCUT2D eigenvalue weighted by atomic mass is 9.86. The molecule has 2 heterocycles. The maximum Gasteiger partial charge on any atom is 0.258 e. The van der Waals surface area contributed by atoms with E-state index in [9.17, 15) is 18.3 Å². The molecule has 0 aromatic heterocycles. The number of hydrogen-bond donors (Lipinski definition) is 3. The van der Waals surface area contributed by atoms with E-state index in [0.717, 1.165) is 12.8 Å². The standard InChI is InChI=1S/C20H23N3O4S/c21-19(24)20(25,14-4-2-1-3-5-14)15-6-10-18(11-7-15)28(26,27)23-12-16-8-9-17(13-23)22-16/h1-7,10-11,16-17,22,25H,8-9,12-13H2,(H2,21,24). The number of amides is 1. The molecule has 2 aromatic carbocycles. The summed E-state index contributed by atoms with van der Waals surface area (Å²) in [6.45, 7) is 0.908. The van der Waals surface area contributed by atoms with E-state index in [1.54, 1.807) is 30.3 Å². The van der Waals surface area contributed by atoms with Crippen LogP contribution in [0.5, 0.6) is 0 Å². The average Bonchev–Trinajstić information content (AvgIpc) is 3.05. The number of hydrogen-bond acceptors (Lipinski definition) is 5. The first kappa shape index (κ1) is 19.1. The van der Waals surface area contributed by atoms with Gasteiger partial charge in [-0.25, -0.2) is 8.42 Å². The number of fused-ring (bicyclic) bond motifs is 2.